The average Bonchev–Trinajstić information content (AvgIpc) is 2.97. The van der Waals surface area contributed by atoms with Gasteiger partial charge in [0.25, 0.3) is 12.3 Å². The van der Waals surface area contributed by atoms with Crippen LogP contribution in [-0.4, -0.2) is 39.8 Å². The zero-order chi connectivity index (χ0) is 22.1. The Balaban J connectivity index is 1.93. The number of carbonyl (C=O) groups excluding carboxylic acids is 1. The van der Waals surface area contributed by atoms with Crippen LogP contribution in [0.2, 0.25) is 0 Å². The van der Waals surface area contributed by atoms with E-state index in [4.69, 9.17) is 14.6 Å². The number of aromatic nitrogens is 2. The molecule has 0 radical (unpaired) electrons. The van der Waals surface area contributed by atoms with Crippen molar-refractivity contribution in [2.24, 2.45) is 5.92 Å². The van der Waals surface area contributed by atoms with E-state index >= 15 is 0 Å². The topological polar surface area (TPSA) is 93.6 Å². The van der Waals surface area contributed by atoms with Gasteiger partial charge in [0.2, 0.25) is 5.88 Å². The van der Waals surface area contributed by atoms with E-state index in [0.29, 0.717) is 16.9 Å². The van der Waals surface area contributed by atoms with Gasteiger partial charge >= 0.3 is 0 Å². The molecule has 0 unspecified atom stereocenters. The van der Waals surface area contributed by atoms with Crippen LogP contribution in [0.3, 0.4) is 0 Å². The summed E-state index contributed by atoms with van der Waals surface area (Å²) in [6, 6.07) is 6.00. The number of hydrogen-bond donors (Lipinski definition) is 2. The quantitative estimate of drug-likeness (QED) is 0.742. The summed E-state index contributed by atoms with van der Waals surface area (Å²) < 4.78 is 37.5. The highest BCUT2D eigenvalue weighted by atomic mass is 19.3. The first-order chi connectivity index (χ1) is 14.2. The Kier molecular flexibility index (Phi) is 6.33. The second kappa shape index (κ2) is 8.61. The average molecular weight is 421 g/mol. The molecule has 1 aliphatic rings. The standard InChI is InChI=1S/C21H25F2N3O4/c1-11-16(14-7-8-15(18(22)23)26-20(14)29-4)17(30-21(11,2)3)19(28)25-12-5-6-13(10-27)24-9-12/h5-9,11,16-18,27H,10H2,1-4H3,(H,25,28)/t11-,16-,17+/m0/s1. The maximum atomic E-state index is 13.1. The molecule has 0 bridgehead atoms. The van der Waals surface area contributed by atoms with Gasteiger partial charge in [0, 0.05) is 11.5 Å². The van der Waals surface area contributed by atoms with Crippen LogP contribution in [0, 0.1) is 5.92 Å². The van der Waals surface area contributed by atoms with Crippen molar-refractivity contribution in [3.63, 3.8) is 0 Å². The number of aliphatic hydroxyl groups excluding tert-OH is 1. The number of alkyl halides is 2. The van der Waals surface area contributed by atoms with Gasteiger partial charge in [-0.25, -0.2) is 13.8 Å². The first kappa shape index (κ1) is 22.0. The monoisotopic (exact) mass is 421 g/mol. The third-order valence-corrected chi connectivity index (χ3v) is 5.59. The lowest BCUT2D eigenvalue weighted by atomic mass is 9.78. The minimum Gasteiger partial charge on any atom is -0.481 e. The molecule has 1 fully saturated rings. The molecule has 3 atom stereocenters. The molecule has 162 valence electrons. The lowest BCUT2D eigenvalue weighted by Crippen LogP contribution is -2.33. The Morgan fingerprint density at radius 3 is 2.63 bits per heavy atom. The molecule has 3 rings (SSSR count). The van der Waals surface area contributed by atoms with Crippen LogP contribution in [0.1, 0.15) is 50.1 Å². The predicted molar refractivity (Wildman–Crippen MR) is 105 cm³/mol. The number of amides is 1. The van der Waals surface area contributed by atoms with E-state index < -0.39 is 35.6 Å². The third-order valence-electron chi connectivity index (χ3n) is 5.59. The number of ether oxygens (including phenoxy) is 2. The van der Waals surface area contributed by atoms with Gasteiger partial charge in [0.1, 0.15) is 11.8 Å². The zero-order valence-electron chi connectivity index (χ0n) is 17.2. The van der Waals surface area contributed by atoms with Crippen LogP contribution in [-0.2, 0) is 16.1 Å². The SMILES string of the molecule is COc1nc(C(F)F)ccc1[C@H]1[C@H](C(=O)Nc2ccc(CO)nc2)OC(C)(C)[C@H]1C. The van der Waals surface area contributed by atoms with Crippen molar-refractivity contribution in [2.45, 2.75) is 51.4 Å². The number of anilines is 1. The predicted octanol–water partition coefficient (Wildman–Crippen LogP) is 3.45. The summed E-state index contributed by atoms with van der Waals surface area (Å²) in [4.78, 5) is 21.0. The fraction of sp³-hybridized carbons (Fsp3) is 0.476. The molecule has 3 heterocycles. The van der Waals surface area contributed by atoms with E-state index in [2.05, 4.69) is 15.3 Å². The molecule has 2 aromatic rings. The van der Waals surface area contributed by atoms with Crippen molar-refractivity contribution >= 4 is 11.6 Å². The molecular weight excluding hydrogens is 396 g/mol. The minimum atomic E-state index is -2.73. The van der Waals surface area contributed by atoms with Crippen LogP contribution >= 0.6 is 0 Å². The molecule has 9 heteroatoms. The van der Waals surface area contributed by atoms with Crippen LogP contribution in [0.5, 0.6) is 5.88 Å². The number of nitrogens with one attached hydrogen (secondary N) is 1. The molecule has 0 aromatic carbocycles. The Hall–Kier alpha value is -2.65. The Labute approximate surface area is 173 Å². The first-order valence-corrected chi connectivity index (χ1v) is 9.55. The lowest BCUT2D eigenvalue weighted by molar-refractivity contribution is -0.131. The molecule has 2 aromatic heterocycles. The Morgan fingerprint density at radius 1 is 1.33 bits per heavy atom. The van der Waals surface area contributed by atoms with Crippen molar-refractivity contribution < 1.29 is 28.2 Å². The van der Waals surface area contributed by atoms with Crippen molar-refractivity contribution in [1.82, 2.24) is 9.97 Å². The summed E-state index contributed by atoms with van der Waals surface area (Å²) in [7, 11) is 1.36. The second-order valence-corrected chi connectivity index (χ2v) is 7.78. The van der Waals surface area contributed by atoms with Crippen molar-refractivity contribution in [2.75, 3.05) is 12.4 Å². The lowest BCUT2D eigenvalue weighted by Gasteiger charge is -2.25. The molecule has 1 amide bonds. The van der Waals surface area contributed by atoms with Gasteiger partial charge in [-0.3, -0.25) is 9.78 Å². The number of methoxy groups -OCH3 is 1. The fourth-order valence-electron chi connectivity index (χ4n) is 3.66. The highest BCUT2D eigenvalue weighted by Gasteiger charge is 2.51. The molecule has 1 aliphatic heterocycles. The summed E-state index contributed by atoms with van der Waals surface area (Å²) in [5, 5.41) is 11.9. The maximum Gasteiger partial charge on any atom is 0.280 e. The molecule has 1 saturated heterocycles. The summed E-state index contributed by atoms with van der Waals surface area (Å²) in [5.41, 5.74) is 0.437. The van der Waals surface area contributed by atoms with E-state index in [9.17, 15) is 13.6 Å². The van der Waals surface area contributed by atoms with Gasteiger partial charge in [-0.05, 0) is 38.0 Å². The van der Waals surface area contributed by atoms with Gasteiger partial charge in [0.05, 0.1) is 36.9 Å². The summed E-state index contributed by atoms with van der Waals surface area (Å²) in [5.74, 6) is -0.927. The minimum absolute atomic E-state index is 0.0534. The maximum absolute atomic E-state index is 13.1. The van der Waals surface area contributed by atoms with Crippen LogP contribution < -0.4 is 10.1 Å². The van der Waals surface area contributed by atoms with Crippen LogP contribution in [0.4, 0.5) is 14.5 Å². The summed E-state index contributed by atoms with van der Waals surface area (Å²) in [6.45, 7) is 5.50. The number of carbonyl (C=O) groups is 1. The molecular formula is C21H25F2N3O4. The highest BCUT2D eigenvalue weighted by Crippen LogP contribution is 2.48. The summed E-state index contributed by atoms with van der Waals surface area (Å²) in [6.07, 6.45) is -2.17. The van der Waals surface area contributed by atoms with Gasteiger partial charge in [-0.1, -0.05) is 13.0 Å². The van der Waals surface area contributed by atoms with E-state index in [1.807, 2.05) is 20.8 Å². The third kappa shape index (κ3) is 4.27. The summed E-state index contributed by atoms with van der Waals surface area (Å²) >= 11 is 0. The smallest absolute Gasteiger partial charge is 0.280 e. The molecule has 0 spiro atoms. The molecule has 2 N–H and O–H groups in total. The highest BCUT2D eigenvalue weighted by molar-refractivity contribution is 5.95. The zero-order valence-corrected chi connectivity index (χ0v) is 17.2. The molecule has 7 nitrogen and oxygen atoms in total. The van der Waals surface area contributed by atoms with E-state index in [1.54, 1.807) is 12.1 Å². The van der Waals surface area contributed by atoms with E-state index in [-0.39, 0.29) is 18.4 Å². The van der Waals surface area contributed by atoms with E-state index in [1.165, 1.54) is 25.4 Å². The first-order valence-electron chi connectivity index (χ1n) is 9.55. The largest absolute Gasteiger partial charge is 0.481 e. The van der Waals surface area contributed by atoms with Crippen molar-refractivity contribution in [3.8, 4) is 5.88 Å². The van der Waals surface area contributed by atoms with Gasteiger partial charge in [0.15, 0.2) is 0 Å². The number of hydrogen-bond acceptors (Lipinski definition) is 6. The fourth-order valence-corrected chi connectivity index (χ4v) is 3.66. The van der Waals surface area contributed by atoms with Gasteiger partial charge in [-0.2, -0.15) is 0 Å². The van der Waals surface area contributed by atoms with Crippen LogP contribution in [0.25, 0.3) is 0 Å². The van der Waals surface area contributed by atoms with Gasteiger partial charge in [-0.15, -0.1) is 0 Å². The number of halogens is 2. The Bertz CT molecular complexity index is 906. The number of rotatable bonds is 6. The van der Waals surface area contributed by atoms with Crippen molar-refractivity contribution in [1.29, 1.82) is 0 Å². The molecule has 30 heavy (non-hydrogen) atoms. The van der Waals surface area contributed by atoms with Crippen molar-refractivity contribution in [3.05, 3.63) is 47.4 Å². The number of aliphatic hydroxyl groups is 1. The molecule has 0 aliphatic carbocycles. The second-order valence-electron chi connectivity index (χ2n) is 7.78. The number of pyridine rings is 2. The molecule has 0 saturated carbocycles. The van der Waals surface area contributed by atoms with Crippen LogP contribution in [0.15, 0.2) is 30.5 Å². The normalized spacial score (nSPS) is 22.9. The van der Waals surface area contributed by atoms with Gasteiger partial charge < -0.3 is 19.9 Å². The Morgan fingerprint density at radius 2 is 2.07 bits per heavy atom. The number of nitrogens with zero attached hydrogens (tertiary/aromatic N) is 2. The van der Waals surface area contributed by atoms with E-state index in [0.717, 1.165) is 0 Å².